The molecule has 1 unspecified atom stereocenters. The van der Waals surface area contributed by atoms with Gasteiger partial charge in [-0.05, 0) is 61.4 Å². The van der Waals surface area contributed by atoms with Gasteiger partial charge in [-0.15, -0.1) is 0 Å². The molecule has 1 saturated heterocycles. The number of ketones is 1. The van der Waals surface area contributed by atoms with Crippen LogP contribution in [0.2, 0.25) is 5.02 Å². The summed E-state index contributed by atoms with van der Waals surface area (Å²) < 4.78 is 5.23. The number of aliphatic hydroxyl groups is 1. The minimum absolute atomic E-state index is 0.0399. The molecule has 4 rings (SSSR count). The van der Waals surface area contributed by atoms with Crippen molar-refractivity contribution in [1.29, 1.82) is 0 Å². The Hall–Kier alpha value is -3.77. The second kappa shape index (κ2) is 8.64. The van der Waals surface area contributed by atoms with Gasteiger partial charge in [0.05, 0.1) is 23.7 Å². The number of aromatic hydroxyl groups is 1. The van der Waals surface area contributed by atoms with Crippen LogP contribution in [0.5, 0.6) is 11.5 Å². The number of anilines is 1. The minimum Gasteiger partial charge on any atom is -0.508 e. The molecule has 33 heavy (non-hydrogen) atoms. The van der Waals surface area contributed by atoms with E-state index in [0.29, 0.717) is 17.0 Å². The standard InChI is InChI=1S/C26H22ClNO5/c1-14-4-11-21(15(2)12-14)28-23(16-5-7-17(29)8-6-16)22(25(31)26(28)32)24(30)19-13-18(33-3)9-10-20(19)27/h4-13,23,29-30H,1-3H3/b24-22+. The quantitative estimate of drug-likeness (QED) is 0.311. The summed E-state index contributed by atoms with van der Waals surface area (Å²) in [7, 11) is 1.47. The van der Waals surface area contributed by atoms with Crippen molar-refractivity contribution in [3.63, 3.8) is 0 Å². The zero-order valence-corrected chi connectivity index (χ0v) is 19.1. The van der Waals surface area contributed by atoms with E-state index in [0.717, 1.165) is 11.1 Å². The maximum Gasteiger partial charge on any atom is 0.300 e. The van der Waals surface area contributed by atoms with Crippen LogP contribution < -0.4 is 9.64 Å². The van der Waals surface area contributed by atoms with Crippen LogP contribution in [0.4, 0.5) is 5.69 Å². The fourth-order valence-electron chi connectivity index (χ4n) is 4.09. The largest absolute Gasteiger partial charge is 0.508 e. The number of Topliss-reactive ketones (excluding diaryl/α,β-unsaturated/α-hetero) is 1. The molecule has 1 heterocycles. The molecule has 6 nitrogen and oxygen atoms in total. The van der Waals surface area contributed by atoms with E-state index in [2.05, 4.69) is 0 Å². The van der Waals surface area contributed by atoms with Crippen LogP contribution >= 0.6 is 11.6 Å². The summed E-state index contributed by atoms with van der Waals surface area (Å²) in [6.45, 7) is 3.79. The first-order chi connectivity index (χ1) is 15.7. The zero-order valence-electron chi connectivity index (χ0n) is 18.3. The SMILES string of the molecule is COc1ccc(Cl)c(/C(O)=C2\C(=O)C(=O)N(c3ccc(C)cc3C)C2c2ccc(O)cc2)c1. The maximum absolute atomic E-state index is 13.3. The molecule has 0 bridgehead atoms. The molecule has 3 aromatic carbocycles. The van der Waals surface area contributed by atoms with Gasteiger partial charge in [-0.25, -0.2) is 0 Å². The summed E-state index contributed by atoms with van der Waals surface area (Å²) in [4.78, 5) is 27.9. The third kappa shape index (κ3) is 3.94. The molecular formula is C26H22ClNO5. The molecule has 0 spiro atoms. The Morgan fingerprint density at radius 2 is 1.70 bits per heavy atom. The number of methoxy groups -OCH3 is 1. The van der Waals surface area contributed by atoms with Gasteiger partial charge >= 0.3 is 0 Å². The normalized spacial score (nSPS) is 17.5. The summed E-state index contributed by atoms with van der Waals surface area (Å²) in [5, 5.41) is 21.2. The van der Waals surface area contributed by atoms with Crippen molar-refractivity contribution in [3.05, 3.63) is 93.5 Å². The topological polar surface area (TPSA) is 87.1 Å². The van der Waals surface area contributed by atoms with E-state index in [9.17, 15) is 19.8 Å². The second-order valence-electron chi connectivity index (χ2n) is 7.90. The van der Waals surface area contributed by atoms with Crippen molar-refractivity contribution in [2.24, 2.45) is 0 Å². The lowest BCUT2D eigenvalue weighted by Gasteiger charge is -2.27. The van der Waals surface area contributed by atoms with E-state index >= 15 is 0 Å². The third-order valence-corrected chi connectivity index (χ3v) is 6.02. The van der Waals surface area contributed by atoms with E-state index in [1.807, 2.05) is 26.0 Å². The van der Waals surface area contributed by atoms with Gasteiger partial charge in [0.25, 0.3) is 11.7 Å². The van der Waals surface area contributed by atoms with Gasteiger partial charge in [0.15, 0.2) is 0 Å². The molecular weight excluding hydrogens is 442 g/mol. The number of phenolic OH excluding ortho intramolecular Hbond substituents is 1. The third-order valence-electron chi connectivity index (χ3n) is 5.69. The number of halogens is 1. The Morgan fingerprint density at radius 1 is 1.00 bits per heavy atom. The molecule has 0 saturated carbocycles. The number of ether oxygens (including phenoxy) is 1. The Bertz CT molecular complexity index is 1300. The van der Waals surface area contributed by atoms with Crippen molar-refractivity contribution in [2.75, 3.05) is 12.0 Å². The number of hydrogen-bond acceptors (Lipinski definition) is 5. The van der Waals surface area contributed by atoms with E-state index < -0.39 is 23.5 Å². The van der Waals surface area contributed by atoms with E-state index in [-0.39, 0.29) is 21.9 Å². The Morgan fingerprint density at radius 3 is 2.33 bits per heavy atom. The molecule has 0 aromatic heterocycles. The Kier molecular flexibility index (Phi) is 5.87. The van der Waals surface area contributed by atoms with Crippen LogP contribution in [0.3, 0.4) is 0 Å². The number of nitrogens with zero attached hydrogens (tertiary/aromatic N) is 1. The van der Waals surface area contributed by atoms with E-state index in [1.54, 1.807) is 30.3 Å². The predicted molar refractivity (Wildman–Crippen MR) is 127 cm³/mol. The number of aryl methyl sites for hydroxylation is 2. The first kappa shape index (κ1) is 22.4. The lowest BCUT2D eigenvalue weighted by atomic mass is 9.94. The average molecular weight is 464 g/mol. The number of hydrogen-bond donors (Lipinski definition) is 2. The van der Waals surface area contributed by atoms with E-state index in [1.165, 1.54) is 30.2 Å². The molecule has 168 valence electrons. The molecule has 7 heteroatoms. The molecule has 0 aliphatic carbocycles. The zero-order chi connectivity index (χ0) is 23.9. The molecule has 1 aliphatic heterocycles. The molecule has 1 aliphatic rings. The Balaban J connectivity index is 1.99. The maximum atomic E-state index is 13.3. The van der Waals surface area contributed by atoms with E-state index in [4.69, 9.17) is 16.3 Å². The van der Waals surface area contributed by atoms with Gasteiger partial charge in [0, 0.05) is 11.3 Å². The summed E-state index contributed by atoms with van der Waals surface area (Å²) in [5.41, 5.74) is 3.00. The van der Waals surface area contributed by atoms with Crippen LogP contribution in [0.15, 0.2) is 66.2 Å². The van der Waals surface area contributed by atoms with Crippen molar-refractivity contribution in [1.82, 2.24) is 0 Å². The number of benzene rings is 3. The summed E-state index contributed by atoms with van der Waals surface area (Å²) in [6, 6.07) is 15.5. The van der Waals surface area contributed by atoms with Crippen molar-refractivity contribution >= 4 is 34.7 Å². The van der Waals surface area contributed by atoms with Crippen LogP contribution in [-0.2, 0) is 9.59 Å². The highest BCUT2D eigenvalue weighted by molar-refractivity contribution is 6.52. The average Bonchev–Trinajstić information content (AvgIpc) is 3.05. The number of phenols is 1. The lowest BCUT2D eigenvalue weighted by Crippen LogP contribution is -2.30. The molecule has 3 aromatic rings. The number of carbonyl (C=O) groups is 2. The van der Waals surface area contributed by atoms with Crippen LogP contribution in [-0.4, -0.2) is 29.0 Å². The number of amides is 1. The van der Waals surface area contributed by atoms with Crippen LogP contribution in [0.1, 0.15) is 28.3 Å². The highest BCUT2D eigenvalue weighted by Crippen LogP contribution is 2.44. The number of aliphatic hydroxyl groups excluding tert-OH is 1. The van der Waals surface area contributed by atoms with Crippen molar-refractivity contribution in [2.45, 2.75) is 19.9 Å². The van der Waals surface area contributed by atoms with Gasteiger partial charge in [-0.1, -0.05) is 41.4 Å². The molecule has 0 radical (unpaired) electrons. The second-order valence-corrected chi connectivity index (χ2v) is 8.30. The summed E-state index contributed by atoms with van der Waals surface area (Å²) >= 11 is 6.33. The number of carbonyl (C=O) groups excluding carboxylic acids is 2. The van der Waals surface area contributed by atoms with Crippen LogP contribution in [0.25, 0.3) is 5.76 Å². The smallest absolute Gasteiger partial charge is 0.300 e. The molecule has 1 amide bonds. The molecule has 2 N–H and O–H groups in total. The fourth-order valence-corrected chi connectivity index (χ4v) is 4.29. The van der Waals surface area contributed by atoms with Gasteiger partial charge in [-0.2, -0.15) is 0 Å². The minimum atomic E-state index is -0.922. The molecule has 1 fully saturated rings. The predicted octanol–water partition coefficient (Wildman–Crippen LogP) is 5.30. The van der Waals surface area contributed by atoms with Gasteiger partial charge in [-0.3, -0.25) is 14.5 Å². The summed E-state index contributed by atoms with van der Waals surface area (Å²) in [6.07, 6.45) is 0. The van der Waals surface area contributed by atoms with Crippen LogP contribution in [0, 0.1) is 13.8 Å². The highest BCUT2D eigenvalue weighted by Gasteiger charge is 2.47. The Labute approximate surface area is 196 Å². The highest BCUT2D eigenvalue weighted by atomic mass is 35.5. The van der Waals surface area contributed by atoms with Crippen molar-refractivity contribution < 1.29 is 24.5 Å². The first-order valence-corrected chi connectivity index (χ1v) is 10.6. The van der Waals surface area contributed by atoms with Gasteiger partial charge < -0.3 is 14.9 Å². The fraction of sp³-hybridized carbons (Fsp3) is 0.154. The van der Waals surface area contributed by atoms with Gasteiger partial charge in [0.1, 0.15) is 17.3 Å². The lowest BCUT2D eigenvalue weighted by molar-refractivity contribution is -0.132. The van der Waals surface area contributed by atoms with Crippen molar-refractivity contribution in [3.8, 4) is 11.5 Å². The monoisotopic (exact) mass is 463 g/mol. The molecule has 1 atom stereocenters. The van der Waals surface area contributed by atoms with Gasteiger partial charge in [0.2, 0.25) is 0 Å². The number of rotatable bonds is 4. The first-order valence-electron chi connectivity index (χ1n) is 10.2. The summed E-state index contributed by atoms with van der Waals surface area (Å²) in [5.74, 6) is -1.52.